The monoisotopic (exact) mass is 227 g/mol. The van der Waals surface area contributed by atoms with E-state index in [9.17, 15) is 5.11 Å². The highest BCUT2D eigenvalue weighted by Crippen LogP contribution is 2.52. The summed E-state index contributed by atoms with van der Waals surface area (Å²) in [7, 11) is 0. The number of rotatable bonds is 2. The van der Waals surface area contributed by atoms with Crippen LogP contribution in [-0.4, -0.2) is 49.2 Å². The summed E-state index contributed by atoms with van der Waals surface area (Å²) in [6.07, 6.45) is 1.21. The van der Waals surface area contributed by atoms with E-state index in [1.54, 1.807) is 0 Å². The van der Waals surface area contributed by atoms with Crippen molar-refractivity contribution in [1.29, 1.82) is 0 Å². The second-order valence-electron chi connectivity index (χ2n) is 5.92. The first-order valence-electron chi connectivity index (χ1n) is 6.24. The predicted molar refractivity (Wildman–Crippen MR) is 59.2 cm³/mol. The van der Waals surface area contributed by atoms with Crippen molar-refractivity contribution in [2.75, 3.05) is 19.8 Å². The second-order valence-corrected chi connectivity index (χ2v) is 5.92. The molecule has 0 amide bonds. The molecule has 0 radical (unpaired) electrons. The Morgan fingerprint density at radius 3 is 2.81 bits per heavy atom. The van der Waals surface area contributed by atoms with Crippen molar-refractivity contribution < 1.29 is 14.6 Å². The van der Waals surface area contributed by atoms with Crippen LogP contribution in [0.2, 0.25) is 0 Å². The van der Waals surface area contributed by atoms with E-state index >= 15 is 0 Å². The third-order valence-electron chi connectivity index (χ3n) is 4.54. The smallest absolute Gasteiger partial charge is 0.0948 e. The fourth-order valence-corrected chi connectivity index (χ4v) is 3.60. The third-order valence-corrected chi connectivity index (χ3v) is 4.54. The van der Waals surface area contributed by atoms with E-state index in [0.29, 0.717) is 31.3 Å². The lowest BCUT2D eigenvalue weighted by Gasteiger charge is -2.55. The van der Waals surface area contributed by atoms with Gasteiger partial charge < -0.3 is 19.9 Å². The van der Waals surface area contributed by atoms with Crippen LogP contribution < -0.4 is 5.32 Å². The van der Waals surface area contributed by atoms with Gasteiger partial charge in [-0.05, 0) is 6.42 Å². The summed E-state index contributed by atoms with van der Waals surface area (Å²) in [5.74, 6) is 0.628. The molecule has 5 unspecified atom stereocenters. The van der Waals surface area contributed by atoms with Crippen molar-refractivity contribution >= 4 is 0 Å². The number of fused-ring (bicyclic) bond motifs is 1. The van der Waals surface area contributed by atoms with Gasteiger partial charge in [0.2, 0.25) is 0 Å². The van der Waals surface area contributed by atoms with Crippen LogP contribution in [0, 0.1) is 11.3 Å². The minimum Gasteiger partial charge on any atom is -0.389 e. The van der Waals surface area contributed by atoms with Crippen LogP contribution in [0.3, 0.4) is 0 Å². The summed E-state index contributed by atoms with van der Waals surface area (Å²) in [5, 5.41) is 13.3. The van der Waals surface area contributed by atoms with Gasteiger partial charge in [0.05, 0.1) is 31.5 Å². The Bertz CT molecular complexity index is 281. The lowest BCUT2D eigenvalue weighted by atomic mass is 9.57. The number of aliphatic hydroxyl groups is 1. The third kappa shape index (κ3) is 1.44. The summed E-state index contributed by atoms with van der Waals surface area (Å²) in [6, 6.07) is 0.562. The molecule has 5 atom stereocenters. The van der Waals surface area contributed by atoms with Crippen molar-refractivity contribution in [3.05, 3.63) is 0 Å². The Hall–Kier alpha value is -0.160. The maximum atomic E-state index is 9.75. The maximum absolute atomic E-state index is 9.75. The second kappa shape index (κ2) is 3.67. The van der Waals surface area contributed by atoms with Crippen molar-refractivity contribution in [3.63, 3.8) is 0 Å². The number of hydrogen-bond donors (Lipinski definition) is 2. The van der Waals surface area contributed by atoms with E-state index in [1.807, 2.05) is 0 Å². The first kappa shape index (κ1) is 11.0. The Balaban J connectivity index is 1.66. The fourth-order valence-electron chi connectivity index (χ4n) is 3.60. The van der Waals surface area contributed by atoms with Gasteiger partial charge in [-0.2, -0.15) is 0 Å². The molecule has 2 saturated heterocycles. The summed E-state index contributed by atoms with van der Waals surface area (Å²) in [5.41, 5.74) is 0.184. The largest absolute Gasteiger partial charge is 0.389 e. The molecule has 1 aliphatic carbocycles. The normalized spacial score (nSPS) is 50.1. The van der Waals surface area contributed by atoms with E-state index in [2.05, 4.69) is 19.2 Å². The molecule has 0 spiro atoms. The quantitative estimate of drug-likeness (QED) is 0.705. The lowest BCUT2D eigenvalue weighted by Crippen LogP contribution is -2.68. The average Bonchev–Trinajstić information content (AvgIpc) is 2.82. The standard InChI is InChI=1S/C12H21NO3/c1-12(2)10(7-3-4-16-11(7)12)13-8-5-15-6-9(8)14/h7-11,13-14H,3-6H2,1-2H3. The van der Waals surface area contributed by atoms with Crippen LogP contribution in [0.15, 0.2) is 0 Å². The number of nitrogens with one attached hydrogen (secondary N) is 1. The summed E-state index contributed by atoms with van der Waals surface area (Å²) < 4.78 is 11.0. The van der Waals surface area contributed by atoms with Crippen molar-refractivity contribution in [2.24, 2.45) is 11.3 Å². The zero-order chi connectivity index (χ0) is 11.3. The van der Waals surface area contributed by atoms with E-state index in [0.717, 1.165) is 13.0 Å². The molecule has 92 valence electrons. The van der Waals surface area contributed by atoms with Gasteiger partial charge in [0.15, 0.2) is 0 Å². The number of aliphatic hydroxyl groups excluding tert-OH is 1. The highest BCUT2D eigenvalue weighted by molar-refractivity contribution is 5.12. The van der Waals surface area contributed by atoms with Gasteiger partial charge in [-0.15, -0.1) is 0 Å². The van der Waals surface area contributed by atoms with Gasteiger partial charge in [0, 0.05) is 24.0 Å². The topological polar surface area (TPSA) is 50.7 Å². The minimum absolute atomic E-state index is 0.103. The summed E-state index contributed by atoms with van der Waals surface area (Å²) in [4.78, 5) is 0. The van der Waals surface area contributed by atoms with Crippen molar-refractivity contribution in [2.45, 2.75) is 44.6 Å². The Morgan fingerprint density at radius 1 is 1.31 bits per heavy atom. The van der Waals surface area contributed by atoms with Gasteiger partial charge in [-0.25, -0.2) is 0 Å². The fraction of sp³-hybridized carbons (Fsp3) is 1.00. The van der Waals surface area contributed by atoms with Gasteiger partial charge in [0.25, 0.3) is 0 Å². The minimum atomic E-state index is -0.350. The zero-order valence-corrected chi connectivity index (χ0v) is 9.98. The Kier molecular flexibility index (Phi) is 2.51. The molecule has 0 aromatic heterocycles. The van der Waals surface area contributed by atoms with Crippen LogP contribution in [0.1, 0.15) is 20.3 Å². The molecule has 2 N–H and O–H groups in total. The zero-order valence-electron chi connectivity index (χ0n) is 9.98. The first-order chi connectivity index (χ1) is 7.60. The predicted octanol–water partition coefficient (Wildman–Crippen LogP) is 0.149. The van der Waals surface area contributed by atoms with Crippen LogP contribution in [0.25, 0.3) is 0 Å². The van der Waals surface area contributed by atoms with Crippen LogP contribution in [0.5, 0.6) is 0 Å². The molecule has 2 heterocycles. The van der Waals surface area contributed by atoms with Gasteiger partial charge in [-0.3, -0.25) is 0 Å². The van der Waals surface area contributed by atoms with Crippen LogP contribution in [-0.2, 0) is 9.47 Å². The number of ether oxygens (including phenoxy) is 2. The molecule has 3 rings (SSSR count). The highest BCUT2D eigenvalue weighted by Gasteiger charge is 2.59. The summed E-state index contributed by atoms with van der Waals surface area (Å²) in [6.45, 7) is 6.49. The SMILES string of the molecule is CC1(C)C(NC2COCC2O)C2CCOC21. The molecule has 2 aliphatic heterocycles. The van der Waals surface area contributed by atoms with Gasteiger partial charge in [0.1, 0.15) is 0 Å². The molecule has 16 heavy (non-hydrogen) atoms. The van der Waals surface area contributed by atoms with Crippen molar-refractivity contribution in [3.8, 4) is 0 Å². The average molecular weight is 227 g/mol. The molecule has 3 aliphatic rings. The molecule has 3 fully saturated rings. The molecule has 0 aromatic carbocycles. The van der Waals surface area contributed by atoms with E-state index in [1.165, 1.54) is 0 Å². The molecule has 4 heteroatoms. The molecule has 1 saturated carbocycles. The van der Waals surface area contributed by atoms with E-state index < -0.39 is 0 Å². The van der Waals surface area contributed by atoms with E-state index in [4.69, 9.17) is 9.47 Å². The molecule has 0 bridgehead atoms. The molecule has 0 aromatic rings. The van der Waals surface area contributed by atoms with Gasteiger partial charge >= 0.3 is 0 Å². The maximum Gasteiger partial charge on any atom is 0.0948 e. The summed E-state index contributed by atoms with van der Waals surface area (Å²) >= 11 is 0. The Labute approximate surface area is 96.3 Å². The molecular weight excluding hydrogens is 206 g/mol. The highest BCUT2D eigenvalue weighted by atomic mass is 16.5. The Morgan fingerprint density at radius 2 is 2.12 bits per heavy atom. The first-order valence-corrected chi connectivity index (χ1v) is 6.24. The van der Waals surface area contributed by atoms with Crippen molar-refractivity contribution in [1.82, 2.24) is 5.32 Å². The number of hydrogen-bond acceptors (Lipinski definition) is 4. The molecular formula is C12H21NO3. The van der Waals surface area contributed by atoms with E-state index in [-0.39, 0.29) is 17.6 Å². The van der Waals surface area contributed by atoms with Crippen LogP contribution >= 0.6 is 0 Å². The molecule has 4 nitrogen and oxygen atoms in total. The lowest BCUT2D eigenvalue weighted by molar-refractivity contribution is -0.117. The van der Waals surface area contributed by atoms with Crippen LogP contribution in [0.4, 0.5) is 0 Å². The van der Waals surface area contributed by atoms with Gasteiger partial charge in [-0.1, -0.05) is 13.8 Å².